The lowest BCUT2D eigenvalue weighted by Gasteiger charge is -2.31. The van der Waals surface area contributed by atoms with Gasteiger partial charge in [0, 0.05) is 29.6 Å². The van der Waals surface area contributed by atoms with E-state index in [1.165, 1.54) is 0 Å². The van der Waals surface area contributed by atoms with Crippen molar-refractivity contribution in [2.75, 3.05) is 0 Å². The number of hydrogen-bond donors (Lipinski definition) is 1. The number of ether oxygens (including phenoxy) is 3. The Labute approximate surface area is 157 Å². The van der Waals surface area contributed by atoms with Gasteiger partial charge < -0.3 is 19.3 Å². The van der Waals surface area contributed by atoms with Crippen LogP contribution in [0.4, 0.5) is 0 Å². The summed E-state index contributed by atoms with van der Waals surface area (Å²) in [5, 5.41) is 11.0. The monoisotopic (exact) mass is 376 g/mol. The number of epoxide rings is 1. The number of carbonyl (C=O) groups excluding carboxylic acids is 3. The number of aliphatic hydroxyl groups is 1. The molecule has 0 aromatic carbocycles. The Balaban J connectivity index is 1.97. The molecular formula is C20H24O7. The fourth-order valence-electron chi connectivity index (χ4n) is 3.69. The molecule has 2 saturated heterocycles. The number of carbonyl (C=O) groups is 3. The van der Waals surface area contributed by atoms with Gasteiger partial charge in [-0.3, -0.25) is 4.79 Å². The molecule has 146 valence electrons. The van der Waals surface area contributed by atoms with E-state index >= 15 is 0 Å². The van der Waals surface area contributed by atoms with Crippen LogP contribution in [-0.4, -0.2) is 52.8 Å². The highest BCUT2D eigenvalue weighted by molar-refractivity contribution is 5.98. The first kappa shape index (κ1) is 19.5. The lowest BCUT2D eigenvalue weighted by Crippen LogP contribution is -2.45. The molecule has 3 aliphatic rings. The molecule has 3 fully saturated rings. The van der Waals surface area contributed by atoms with Crippen molar-refractivity contribution in [3.63, 3.8) is 0 Å². The van der Waals surface area contributed by atoms with E-state index < -0.39 is 41.8 Å². The van der Waals surface area contributed by atoms with E-state index in [1.54, 1.807) is 19.9 Å². The molecule has 6 unspecified atom stereocenters. The van der Waals surface area contributed by atoms with Crippen LogP contribution < -0.4 is 0 Å². The number of hydrogen-bond acceptors (Lipinski definition) is 7. The maximum absolute atomic E-state index is 12.6. The van der Waals surface area contributed by atoms with Gasteiger partial charge in [-0.05, 0) is 20.8 Å². The third-order valence-electron chi connectivity index (χ3n) is 5.70. The van der Waals surface area contributed by atoms with E-state index in [2.05, 4.69) is 13.2 Å². The first-order valence-corrected chi connectivity index (χ1v) is 8.90. The van der Waals surface area contributed by atoms with E-state index in [0.717, 1.165) is 0 Å². The summed E-state index contributed by atoms with van der Waals surface area (Å²) in [6.07, 6.45) is -1.77. The second kappa shape index (κ2) is 6.73. The van der Waals surface area contributed by atoms with Crippen LogP contribution in [0.15, 0.2) is 36.0 Å². The molecule has 27 heavy (non-hydrogen) atoms. The summed E-state index contributed by atoms with van der Waals surface area (Å²) in [6.45, 7) is 12.6. The van der Waals surface area contributed by atoms with Gasteiger partial charge in [-0.25, -0.2) is 9.59 Å². The first-order chi connectivity index (χ1) is 12.6. The van der Waals surface area contributed by atoms with Crippen molar-refractivity contribution in [3.8, 4) is 0 Å². The molecular weight excluding hydrogens is 352 g/mol. The fraction of sp³-hybridized carbons (Fsp3) is 0.550. The Morgan fingerprint density at radius 2 is 2.00 bits per heavy atom. The normalized spacial score (nSPS) is 39.4. The molecule has 0 aromatic rings. The summed E-state index contributed by atoms with van der Waals surface area (Å²) in [4.78, 5) is 36.9. The third kappa shape index (κ3) is 3.37. The van der Waals surface area contributed by atoms with Crippen LogP contribution in [0.1, 0.15) is 33.6 Å². The van der Waals surface area contributed by atoms with Crippen LogP contribution in [0.2, 0.25) is 0 Å². The zero-order chi connectivity index (χ0) is 20.1. The second-order valence-electron chi connectivity index (χ2n) is 7.56. The Hall–Kier alpha value is -2.25. The van der Waals surface area contributed by atoms with Crippen molar-refractivity contribution in [2.24, 2.45) is 5.92 Å². The highest BCUT2D eigenvalue weighted by Gasteiger charge is 2.59. The average molecular weight is 376 g/mol. The number of rotatable bonds is 2. The lowest BCUT2D eigenvalue weighted by molar-refractivity contribution is -0.152. The van der Waals surface area contributed by atoms with Crippen LogP contribution in [-0.2, 0) is 28.6 Å². The Morgan fingerprint density at radius 1 is 1.33 bits per heavy atom. The van der Waals surface area contributed by atoms with Crippen LogP contribution in [0.5, 0.6) is 0 Å². The predicted molar refractivity (Wildman–Crippen MR) is 94.5 cm³/mol. The van der Waals surface area contributed by atoms with Gasteiger partial charge in [-0.1, -0.05) is 19.2 Å². The van der Waals surface area contributed by atoms with Crippen LogP contribution in [0.25, 0.3) is 0 Å². The van der Waals surface area contributed by atoms with Gasteiger partial charge in [0.25, 0.3) is 0 Å². The maximum atomic E-state index is 12.6. The Morgan fingerprint density at radius 3 is 2.63 bits per heavy atom. The lowest BCUT2D eigenvalue weighted by atomic mass is 9.79. The number of esters is 2. The molecule has 0 aromatic heterocycles. The summed E-state index contributed by atoms with van der Waals surface area (Å²) in [7, 11) is 0. The van der Waals surface area contributed by atoms with Crippen LogP contribution in [0.3, 0.4) is 0 Å². The van der Waals surface area contributed by atoms with E-state index in [0.29, 0.717) is 12.0 Å². The van der Waals surface area contributed by atoms with Gasteiger partial charge in [0.05, 0.1) is 17.6 Å². The zero-order valence-corrected chi connectivity index (χ0v) is 15.7. The summed E-state index contributed by atoms with van der Waals surface area (Å²) in [6, 6.07) is 0. The maximum Gasteiger partial charge on any atom is 0.334 e. The third-order valence-corrected chi connectivity index (χ3v) is 5.70. The quantitative estimate of drug-likeness (QED) is 0.441. The van der Waals surface area contributed by atoms with Gasteiger partial charge in [0.15, 0.2) is 11.9 Å². The van der Waals surface area contributed by atoms with Gasteiger partial charge in [-0.15, -0.1) is 0 Å². The Bertz CT molecular complexity index is 764. The highest BCUT2D eigenvalue weighted by atomic mass is 16.6. The molecule has 2 heterocycles. The smallest absolute Gasteiger partial charge is 0.334 e. The summed E-state index contributed by atoms with van der Waals surface area (Å²) < 4.78 is 16.5. The van der Waals surface area contributed by atoms with E-state index in [-0.39, 0.29) is 29.5 Å². The molecule has 0 spiro atoms. The zero-order valence-electron chi connectivity index (χ0n) is 15.7. The van der Waals surface area contributed by atoms with Gasteiger partial charge >= 0.3 is 11.9 Å². The predicted octanol–water partition coefficient (Wildman–Crippen LogP) is 1.40. The van der Waals surface area contributed by atoms with Gasteiger partial charge in [0.2, 0.25) is 0 Å². The summed E-state index contributed by atoms with van der Waals surface area (Å²) >= 11 is 0. The SMILES string of the molecule is C=C1C(=O)CC2OC2(C)CC2OC(=O)C(=C)C2C(O)C1OC(=O)/C(C)=C\C. The highest BCUT2D eigenvalue weighted by Crippen LogP contribution is 2.48. The number of ketones is 1. The molecule has 1 aliphatic carbocycles. The van der Waals surface area contributed by atoms with Crippen molar-refractivity contribution in [3.05, 3.63) is 36.0 Å². The minimum Gasteiger partial charge on any atom is -0.458 e. The van der Waals surface area contributed by atoms with Crippen LogP contribution >= 0.6 is 0 Å². The molecule has 2 aliphatic heterocycles. The van der Waals surface area contributed by atoms with Crippen LogP contribution in [0, 0.1) is 5.92 Å². The van der Waals surface area contributed by atoms with Crippen molar-refractivity contribution in [1.82, 2.24) is 0 Å². The molecule has 1 saturated carbocycles. The number of aliphatic hydroxyl groups excluding tert-OH is 1. The fourth-order valence-corrected chi connectivity index (χ4v) is 3.69. The molecule has 6 atom stereocenters. The minimum absolute atomic E-state index is 0.0367. The molecule has 7 nitrogen and oxygen atoms in total. The van der Waals surface area contributed by atoms with Crippen molar-refractivity contribution in [2.45, 2.75) is 63.6 Å². The summed E-state index contributed by atoms with van der Waals surface area (Å²) in [5.41, 5.74) is -0.246. The average Bonchev–Trinajstić information content (AvgIpc) is 3.15. The largest absolute Gasteiger partial charge is 0.458 e. The minimum atomic E-state index is -1.39. The molecule has 3 rings (SSSR count). The van der Waals surface area contributed by atoms with Crippen molar-refractivity contribution >= 4 is 17.7 Å². The first-order valence-electron chi connectivity index (χ1n) is 8.90. The molecule has 0 radical (unpaired) electrons. The number of allylic oxidation sites excluding steroid dienone is 1. The molecule has 7 heteroatoms. The molecule has 0 bridgehead atoms. The molecule has 0 amide bonds. The van der Waals surface area contributed by atoms with E-state index in [4.69, 9.17) is 14.2 Å². The van der Waals surface area contributed by atoms with Gasteiger partial charge in [0.1, 0.15) is 12.2 Å². The number of fused-ring (bicyclic) bond motifs is 2. The topological polar surface area (TPSA) is 102 Å². The Kier molecular flexibility index (Phi) is 4.86. The summed E-state index contributed by atoms with van der Waals surface area (Å²) in [5.74, 6) is -2.47. The van der Waals surface area contributed by atoms with E-state index in [9.17, 15) is 19.5 Å². The number of Topliss-reactive ketones (excluding diaryl/α,β-unsaturated/α-hetero) is 1. The van der Waals surface area contributed by atoms with Crippen molar-refractivity contribution < 1.29 is 33.7 Å². The standard InChI is InChI=1S/C20H24O7/c1-6-9(2)18(23)26-17-10(3)12(21)7-14-20(5,27-14)8-13-15(16(17)22)11(4)19(24)25-13/h6,13-17,22H,3-4,7-8H2,1-2,5H3/b9-6-. The molecule has 1 N–H and O–H groups in total. The van der Waals surface area contributed by atoms with Crippen molar-refractivity contribution in [1.29, 1.82) is 0 Å². The van der Waals surface area contributed by atoms with E-state index in [1.807, 2.05) is 6.92 Å². The van der Waals surface area contributed by atoms with Gasteiger partial charge in [-0.2, -0.15) is 0 Å². The second-order valence-corrected chi connectivity index (χ2v) is 7.56.